The average molecular weight is 697 g/mol. The number of rotatable bonds is 32. The lowest BCUT2D eigenvalue weighted by Crippen LogP contribution is -2.30. The molecule has 0 aromatic carbocycles. The quantitative estimate of drug-likeness (QED) is 0.0337. The topological polar surface area (TPSA) is 181 Å². The molecule has 0 aliphatic heterocycles. The Labute approximate surface area is 281 Å². The molecule has 0 amide bonds. The third-order valence-corrected chi connectivity index (χ3v) is 8.05. The number of carbonyl (C=O) groups is 4. The van der Waals surface area contributed by atoms with Crippen LogP contribution in [0.25, 0.3) is 0 Å². The Bertz CT molecular complexity index is 883. The van der Waals surface area contributed by atoms with Crippen molar-refractivity contribution in [3.8, 4) is 0 Å². The predicted octanol–water partition coefficient (Wildman–Crippen LogP) is 6.49. The second-order valence-corrected chi connectivity index (χ2v) is 13.1. The van der Waals surface area contributed by atoms with Crippen molar-refractivity contribution in [1.82, 2.24) is 0 Å². The van der Waals surface area contributed by atoms with Gasteiger partial charge in [0, 0.05) is 32.8 Å². The summed E-state index contributed by atoms with van der Waals surface area (Å²) in [4.78, 5) is 58.2. The smallest absolute Gasteiger partial charge is 0.462 e. The van der Waals surface area contributed by atoms with E-state index in [1.807, 2.05) is 6.92 Å². The highest BCUT2D eigenvalue weighted by Crippen LogP contribution is 2.43. The summed E-state index contributed by atoms with van der Waals surface area (Å²) in [5.74, 6) is -2.35. The van der Waals surface area contributed by atoms with Crippen LogP contribution in [0, 0.1) is 0 Å². The Morgan fingerprint density at radius 1 is 0.553 bits per heavy atom. The molecule has 0 aromatic heterocycles. The number of phosphoric acid groups is 1. The molecule has 13 nitrogen and oxygen atoms in total. The van der Waals surface area contributed by atoms with Crippen molar-refractivity contribution in [2.24, 2.45) is 0 Å². The molecule has 47 heavy (non-hydrogen) atoms. The molecule has 0 saturated heterocycles. The molecule has 0 aliphatic carbocycles. The van der Waals surface area contributed by atoms with Gasteiger partial charge >= 0.3 is 31.7 Å². The molecule has 2 N–H and O–H groups in total. The SMILES string of the molecule is CCCCCCCCCCCCCC(=O)OC[C@H](COP(=O)(O)OCC(COC(=O)CCCCO)OC(=O)CCCCC)OC(C)=O. The van der Waals surface area contributed by atoms with E-state index in [2.05, 4.69) is 6.92 Å². The number of hydrogen-bond donors (Lipinski definition) is 2. The second-order valence-electron chi connectivity index (χ2n) is 11.7. The molecule has 14 heteroatoms. The lowest BCUT2D eigenvalue weighted by Gasteiger charge is -2.21. The van der Waals surface area contributed by atoms with E-state index < -0.39 is 63.7 Å². The van der Waals surface area contributed by atoms with E-state index in [-0.39, 0.29) is 32.5 Å². The zero-order valence-corrected chi connectivity index (χ0v) is 29.9. The summed E-state index contributed by atoms with van der Waals surface area (Å²) in [5.41, 5.74) is 0. The first-order valence-corrected chi connectivity index (χ1v) is 18.9. The first-order chi connectivity index (χ1) is 22.5. The average Bonchev–Trinajstić information content (AvgIpc) is 3.02. The number of carbonyl (C=O) groups excluding carboxylic acids is 4. The molecule has 0 fully saturated rings. The third-order valence-electron chi connectivity index (χ3n) is 7.10. The number of aliphatic hydroxyl groups is 1. The van der Waals surface area contributed by atoms with E-state index in [9.17, 15) is 28.6 Å². The fraction of sp³-hybridized carbons (Fsp3) is 0.879. The fourth-order valence-corrected chi connectivity index (χ4v) is 5.24. The first kappa shape index (κ1) is 45.0. The number of hydrogen-bond acceptors (Lipinski definition) is 12. The standard InChI is InChI=1S/C33H61O13P/c1-4-6-8-9-10-11-12-13-14-15-17-20-31(36)41-24-29(45-28(3)35)26-43-47(39,40)44-27-30(46-33(38)22-16-7-5-2)25-42-32(37)21-18-19-23-34/h29-30,34H,4-27H2,1-3H3,(H,39,40)/t29-,30?/m1/s1. The van der Waals surface area contributed by atoms with Crippen LogP contribution in [0.1, 0.15) is 143 Å². The van der Waals surface area contributed by atoms with Gasteiger partial charge in [-0.25, -0.2) is 4.57 Å². The minimum Gasteiger partial charge on any atom is -0.462 e. The van der Waals surface area contributed by atoms with Gasteiger partial charge in [-0.3, -0.25) is 28.2 Å². The van der Waals surface area contributed by atoms with Crippen molar-refractivity contribution in [2.45, 2.75) is 155 Å². The van der Waals surface area contributed by atoms with Gasteiger partial charge in [0.25, 0.3) is 0 Å². The molecule has 0 saturated carbocycles. The van der Waals surface area contributed by atoms with E-state index in [1.54, 1.807) is 0 Å². The monoisotopic (exact) mass is 696 g/mol. The highest BCUT2D eigenvalue weighted by atomic mass is 31.2. The number of esters is 4. The van der Waals surface area contributed by atoms with Crippen LogP contribution in [0.15, 0.2) is 0 Å². The minimum absolute atomic E-state index is 0.0433. The molecule has 0 spiro atoms. The lowest BCUT2D eigenvalue weighted by molar-refractivity contribution is -0.161. The van der Waals surface area contributed by atoms with E-state index in [0.29, 0.717) is 25.7 Å². The van der Waals surface area contributed by atoms with Crippen molar-refractivity contribution >= 4 is 31.7 Å². The van der Waals surface area contributed by atoms with Gasteiger partial charge in [0.1, 0.15) is 13.2 Å². The van der Waals surface area contributed by atoms with Gasteiger partial charge < -0.3 is 28.9 Å². The van der Waals surface area contributed by atoms with Gasteiger partial charge in [0.05, 0.1) is 13.2 Å². The third kappa shape index (κ3) is 29.8. The molecule has 3 atom stereocenters. The largest absolute Gasteiger partial charge is 0.472 e. The number of unbranched alkanes of at least 4 members (excludes halogenated alkanes) is 13. The second kappa shape index (κ2) is 30.0. The number of aliphatic hydroxyl groups excluding tert-OH is 1. The summed E-state index contributed by atoms with van der Waals surface area (Å²) in [5, 5.41) is 8.86. The maximum absolute atomic E-state index is 12.6. The van der Waals surface area contributed by atoms with Crippen LogP contribution in [-0.2, 0) is 51.7 Å². The van der Waals surface area contributed by atoms with Crippen molar-refractivity contribution in [3.05, 3.63) is 0 Å². The van der Waals surface area contributed by atoms with E-state index >= 15 is 0 Å². The molecule has 0 rings (SSSR count). The van der Waals surface area contributed by atoms with Gasteiger partial charge in [-0.2, -0.15) is 0 Å². The molecular formula is C33H61O13P. The normalized spacial score (nSPS) is 13.7. The summed E-state index contributed by atoms with van der Waals surface area (Å²) in [6.07, 6.45) is 13.8. The van der Waals surface area contributed by atoms with Gasteiger partial charge in [-0.1, -0.05) is 90.9 Å². The van der Waals surface area contributed by atoms with Crippen LogP contribution in [0.5, 0.6) is 0 Å². The van der Waals surface area contributed by atoms with Crippen LogP contribution in [0.2, 0.25) is 0 Å². The molecule has 0 heterocycles. The van der Waals surface area contributed by atoms with E-state index in [0.717, 1.165) is 39.0 Å². The Morgan fingerprint density at radius 2 is 0.936 bits per heavy atom. The number of phosphoric ester groups is 1. The highest BCUT2D eigenvalue weighted by molar-refractivity contribution is 7.47. The summed E-state index contributed by atoms with van der Waals surface area (Å²) < 4.78 is 43.2. The van der Waals surface area contributed by atoms with Crippen LogP contribution in [-0.4, -0.2) is 79.1 Å². The molecular weight excluding hydrogens is 635 g/mol. The maximum atomic E-state index is 12.6. The molecule has 0 radical (unpaired) electrons. The zero-order valence-electron chi connectivity index (χ0n) is 29.0. The Hall–Kier alpha value is -2.05. The van der Waals surface area contributed by atoms with Crippen molar-refractivity contribution in [3.63, 3.8) is 0 Å². The van der Waals surface area contributed by atoms with Crippen molar-refractivity contribution in [1.29, 1.82) is 0 Å². The van der Waals surface area contributed by atoms with Gasteiger partial charge in [0.15, 0.2) is 12.2 Å². The lowest BCUT2D eigenvalue weighted by atomic mass is 10.1. The first-order valence-electron chi connectivity index (χ1n) is 17.4. The van der Waals surface area contributed by atoms with Crippen molar-refractivity contribution in [2.75, 3.05) is 33.0 Å². The molecule has 276 valence electrons. The summed E-state index contributed by atoms with van der Waals surface area (Å²) in [6.45, 7) is 3.24. The number of ether oxygens (including phenoxy) is 4. The van der Waals surface area contributed by atoms with Crippen LogP contribution >= 0.6 is 7.82 Å². The predicted molar refractivity (Wildman–Crippen MR) is 175 cm³/mol. The van der Waals surface area contributed by atoms with E-state index in [1.165, 1.54) is 44.9 Å². The van der Waals surface area contributed by atoms with E-state index in [4.69, 9.17) is 33.1 Å². The van der Waals surface area contributed by atoms with Gasteiger partial charge in [-0.05, 0) is 25.7 Å². The molecule has 0 aliphatic rings. The van der Waals surface area contributed by atoms with Crippen LogP contribution in [0.3, 0.4) is 0 Å². The van der Waals surface area contributed by atoms with Gasteiger partial charge in [0.2, 0.25) is 0 Å². The van der Waals surface area contributed by atoms with Gasteiger partial charge in [-0.15, -0.1) is 0 Å². The molecule has 2 unspecified atom stereocenters. The highest BCUT2D eigenvalue weighted by Gasteiger charge is 2.28. The summed E-state index contributed by atoms with van der Waals surface area (Å²) in [6, 6.07) is 0. The molecule has 0 aromatic rings. The van der Waals surface area contributed by atoms with Crippen molar-refractivity contribution < 1.29 is 61.7 Å². The Balaban J connectivity index is 4.66. The molecule has 0 bridgehead atoms. The fourth-order valence-electron chi connectivity index (χ4n) is 4.45. The Kier molecular flexibility index (Phi) is 28.7. The Morgan fingerprint density at radius 3 is 1.40 bits per heavy atom. The summed E-state index contributed by atoms with van der Waals surface area (Å²) in [7, 11) is -4.76. The maximum Gasteiger partial charge on any atom is 0.472 e. The zero-order chi connectivity index (χ0) is 35.2. The minimum atomic E-state index is -4.76. The van der Waals surface area contributed by atoms with Crippen LogP contribution < -0.4 is 0 Å². The van der Waals surface area contributed by atoms with Crippen LogP contribution in [0.4, 0.5) is 0 Å². The summed E-state index contributed by atoms with van der Waals surface area (Å²) >= 11 is 0.